The minimum absolute atomic E-state index is 0.0578. The molecule has 1 rings (SSSR count). The molecule has 1 aliphatic rings. The summed E-state index contributed by atoms with van der Waals surface area (Å²) in [6.45, 7) is 10.4. The summed E-state index contributed by atoms with van der Waals surface area (Å²) in [7, 11) is 1.23. The maximum Gasteiger partial charge on any atom is 0.408 e. The van der Waals surface area contributed by atoms with E-state index >= 15 is 0 Å². The predicted molar refractivity (Wildman–Crippen MR) is 93.1 cm³/mol. The Kier molecular flexibility index (Phi) is 7.00. The van der Waals surface area contributed by atoms with Crippen molar-refractivity contribution in [3.8, 4) is 0 Å². The molecule has 26 heavy (non-hydrogen) atoms. The van der Waals surface area contributed by atoms with Crippen LogP contribution in [0.2, 0.25) is 0 Å². The molecular weight excluding hydrogens is 342 g/mol. The highest BCUT2D eigenvalue weighted by atomic mass is 16.6. The Hall–Kier alpha value is -2.32. The van der Waals surface area contributed by atoms with Crippen molar-refractivity contribution in [1.82, 2.24) is 15.5 Å². The van der Waals surface area contributed by atoms with Gasteiger partial charge < -0.3 is 25.0 Å². The topological polar surface area (TPSA) is 114 Å². The predicted octanol–water partition coefficient (Wildman–Crippen LogP) is 0.424. The smallest absolute Gasteiger partial charge is 0.408 e. The second kappa shape index (κ2) is 8.37. The second-order valence-electron chi connectivity index (χ2n) is 7.53. The van der Waals surface area contributed by atoms with Crippen molar-refractivity contribution in [2.24, 2.45) is 5.92 Å². The highest BCUT2D eigenvalue weighted by Crippen LogP contribution is 2.25. The van der Waals surface area contributed by atoms with Crippen LogP contribution in [0.5, 0.6) is 0 Å². The zero-order chi connectivity index (χ0) is 20.2. The molecule has 4 atom stereocenters. The first-order valence-corrected chi connectivity index (χ1v) is 8.55. The van der Waals surface area contributed by atoms with Crippen LogP contribution in [0.15, 0.2) is 0 Å². The molecule has 0 aromatic rings. The van der Waals surface area contributed by atoms with Gasteiger partial charge in [-0.2, -0.15) is 0 Å². The Labute approximate surface area is 153 Å². The molecule has 0 aliphatic carbocycles. The number of methoxy groups -OCH3 is 1. The molecule has 0 aromatic carbocycles. The van der Waals surface area contributed by atoms with Crippen LogP contribution in [0.4, 0.5) is 4.79 Å². The number of alkyl carbamates (subject to hydrolysis) is 1. The van der Waals surface area contributed by atoms with E-state index in [2.05, 4.69) is 15.4 Å². The summed E-state index contributed by atoms with van der Waals surface area (Å²) in [5, 5.41) is 5.01. The number of ether oxygens (including phenoxy) is 2. The van der Waals surface area contributed by atoms with Gasteiger partial charge in [0.2, 0.25) is 11.8 Å². The van der Waals surface area contributed by atoms with E-state index in [1.54, 1.807) is 20.8 Å². The molecular formula is C17H29N3O6. The van der Waals surface area contributed by atoms with Crippen LogP contribution in [0.3, 0.4) is 0 Å². The molecule has 148 valence electrons. The second-order valence-corrected chi connectivity index (χ2v) is 7.53. The SMILES string of the molecule is COC(=O)[C@H](C)NC(=O)[C@H]1[C@@H](C)CN1C(=O)[C@H](C)NC(=O)OC(C)(C)C. The van der Waals surface area contributed by atoms with E-state index in [1.165, 1.54) is 25.9 Å². The average molecular weight is 371 g/mol. The standard InChI is InChI=1S/C17H29N3O6/c1-9-8-20(12(9)13(21)18-11(3)15(23)25-7)14(22)10(2)19-16(24)26-17(4,5)6/h9-12H,8H2,1-7H3,(H,18,21)(H,19,24)/t9-,10-,11-,12+/m0/s1. The van der Waals surface area contributed by atoms with E-state index in [-0.39, 0.29) is 11.8 Å². The number of rotatable bonds is 5. The van der Waals surface area contributed by atoms with Crippen molar-refractivity contribution in [2.45, 2.75) is 65.3 Å². The summed E-state index contributed by atoms with van der Waals surface area (Å²) in [5.74, 6) is -1.44. The van der Waals surface area contributed by atoms with Gasteiger partial charge in [-0.05, 0) is 34.6 Å². The normalized spacial score (nSPS) is 21.7. The molecule has 0 bridgehead atoms. The minimum Gasteiger partial charge on any atom is -0.467 e. The van der Waals surface area contributed by atoms with Crippen LogP contribution in [-0.4, -0.2) is 66.2 Å². The molecule has 0 radical (unpaired) electrons. The Morgan fingerprint density at radius 2 is 1.65 bits per heavy atom. The monoisotopic (exact) mass is 371 g/mol. The van der Waals surface area contributed by atoms with Crippen LogP contribution >= 0.6 is 0 Å². The van der Waals surface area contributed by atoms with Crippen LogP contribution in [0.25, 0.3) is 0 Å². The minimum atomic E-state index is -0.842. The first-order chi connectivity index (χ1) is 11.9. The summed E-state index contributed by atoms with van der Waals surface area (Å²) in [4.78, 5) is 49.6. The van der Waals surface area contributed by atoms with Gasteiger partial charge in [0.1, 0.15) is 23.7 Å². The van der Waals surface area contributed by atoms with Crippen molar-refractivity contribution in [3.63, 3.8) is 0 Å². The molecule has 2 N–H and O–H groups in total. The molecule has 1 fully saturated rings. The van der Waals surface area contributed by atoms with Crippen molar-refractivity contribution in [1.29, 1.82) is 0 Å². The van der Waals surface area contributed by atoms with Crippen LogP contribution in [0, 0.1) is 5.92 Å². The van der Waals surface area contributed by atoms with E-state index in [4.69, 9.17) is 4.74 Å². The molecule has 1 saturated heterocycles. The number of nitrogens with one attached hydrogen (secondary N) is 2. The fraction of sp³-hybridized carbons (Fsp3) is 0.765. The van der Waals surface area contributed by atoms with E-state index in [1.807, 2.05) is 6.92 Å². The van der Waals surface area contributed by atoms with Gasteiger partial charge in [0.15, 0.2) is 0 Å². The van der Waals surface area contributed by atoms with Crippen LogP contribution in [0.1, 0.15) is 41.5 Å². The van der Waals surface area contributed by atoms with E-state index < -0.39 is 41.7 Å². The van der Waals surface area contributed by atoms with Gasteiger partial charge in [-0.3, -0.25) is 9.59 Å². The number of amides is 3. The summed E-state index contributed by atoms with van der Waals surface area (Å²) in [6, 6.07) is -2.35. The van der Waals surface area contributed by atoms with Gasteiger partial charge in [-0.25, -0.2) is 9.59 Å². The van der Waals surface area contributed by atoms with Gasteiger partial charge in [-0.1, -0.05) is 6.92 Å². The summed E-state index contributed by atoms with van der Waals surface area (Å²) >= 11 is 0. The quantitative estimate of drug-likeness (QED) is 0.677. The number of likely N-dealkylation sites (tertiary alicyclic amines) is 1. The van der Waals surface area contributed by atoms with E-state index in [9.17, 15) is 19.2 Å². The maximum atomic E-state index is 12.5. The summed E-state index contributed by atoms with van der Waals surface area (Å²) in [5.41, 5.74) is -0.676. The number of nitrogens with zero attached hydrogens (tertiary/aromatic N) is 1. The van der Waals surface area contributed by atoms with Gasteiger partial charge in [0, 0.05) is 12.5 Å². The summed E-state index contributed by atoms with van der Waals surface area (Å²) in [6.07, 6.45) is -0.702. The molecule has 0 spiro atoms. The summed E-state index contributed by atoms with van der Waals surface area (Å²) < 4.78 is 9.70. The molecule has 0 unspecified atom stereocenters. The maximum absolute atomic E-state index is 12.5. The van der Waals surface area contributed by atoms with Crippen LogP contribution < -0.4 is 10.6 Å². The average Bonchev–Trinajstić information content (AvgIpc) is 2.48. The largest absolute Gasteiger partial charge is 0.467 e. The molecule has 1 heterocycles. The highest BCUT2D eigenvalue weighted by molar-refractivity contribution is 5.94. The zero-order valence-electron chi connectivity index (χ0n) is 16.4. The molecule has 1 aliphatic heterocycles. The van der Waals surface area contributed by atoms with Crippen LogP contribution in [-0.2, 0) is 23.9 Å². The first kappa shape index (κ1) is 21.7. The lowest BCUT2D eigenvalue weighted by atomic mass is 9.88. The third kappa shape index (κ3) is 5.60. The van der Waals surface area contributed by atoms with Gasteiger partial charge in [-0.15, -0.1) is 0 Å². The lowest BCUT2D eigenvalue weighted by Gasteiger charge is -2.46. The Morgan fingerprint density at radius 1 is 1.08 bits per heavy atom. The van der Waals surface area contributed by atoms with Gasteiger partial charge in [0.25, 0.3) is 0 Å². The number of esters is 1. The Bertz CT molecular complexity index is 571. The molecule has 3 amide bonds. The fourth-order valence-corrected chi connectivity index (χ4v) is 2.65. The van der Waals surface area contributed by atoms with E-state index in [0.29, 0.717) is 6.54 Å². The molecule has 0 saturated carbocycles. The molecule has 9 nitrogen and oxygen atoms in total. The van der Waals surface area contributed by atoms with Crippen molar-refractivity contribution in [2.75, 3.05) is 13.7 Å². The van der Waals surface area contributed by atoms with Crippen molar-refractivity contribution < 1.29 is 28.7 Å². The Morgan fingerprint density at radius 3 is 2.12 bits per heavy atom. The fourth-order valence-electron chi connectivity index (χ4n) is 2.65. The first-order valence-electron chi connectivity index (χ1n) is 8.55. The lowest BCUT2D eigenvalue weighted by molar-refractivity contribution is -0.155. The number of carbonyl (C=O) groups is 4. The molecule has 0 aromatic heterocycles. The molecule has 9 heteroatoms. The van der Waals surface area contributed by atoms with Gasteiger partial charge in [0.05, 0.1) is 7.11 Å². The zero-order valence-corrected chi connectivity index (χ0v) is 16.4. The third-order valence-corrected chi connectivity index (χ3v) is 3.93. The van der Waals surface area contributed by atoms with Crippen molar-refractivity contribution in [3.05, 3.63) is 0 Å². The van der Waals surface area contributed by atoms with Gasteiger partial charge >= 0.3 is 12.1 Å². The van der Waals surface area contributed by atoms with Crippen molar-refractivity contribution >= 4 is 23.9 Å². The highest BCUT2D eigenvalue weighted by Gasteiger charge is 2.45. The number of hydrogen-bond acceptors (Lipinski definition) is 6. The lowest BCUT2D eigenvalue weighted by Crippen LogP contribution is -2.67. The number of hydrogen-bond donors (Lipinski definition) is 2. The Balaban J connectivity index is 2.67. The van der Waals surface area contributed by atoms with E-state index in [0.717, 1.165) is 0 Å². The third-order valence-electron chi connectivity index (χ3n) is 3.93. The number of carbonyl (C=O) groups excluding carboxylic acids is 4.